The number of hydrogen-bond acceptors (Lipinski definition) is 3. The van der Waals surface area contributed by atoms with Crippen LogP contribution in [-0.4, -0.2) is 16.6 Å². The van der Waals surface area contributed by atoms with Gasteiger partial charge < -0.3 is 5.32 Å². The molecule has 0 aliphatic carbocycles. The summed E-state index contributed by atoms with van der Waals surface area (Å²) in [5.74, 6) is -2.62. The fourth-order valence-corrected chi connectivity index (χ4v) is 1.42. The summed E-state index contributed by atoms with van der Waals surface area (Å²) in [5, 5.41) is 2.61. The van der Waals surface area contributed by atoms with Crippen LogP contribution in [0.3, 0.4) is 0 Å². The maximum atomic E-state index is 13.0. The third-order valence-corrected chi connectivity index (χ3v) is 2.35. The quantitative estimate of drug-likeness (QED) is 0.796. The first-order chi connectivity index (χ1) is 7.93. The van der Waals surface area contributed by atoms with E-state index in [0.717, 1.165) is 13.1 Å². The van der Waals surface area contributed by atoms with Crippen LogP contribution in [0.15, 0.2) is 18.5 Å². The number of carbonyl (C=O) groups excluding carboxylic acids is 1. The molecule has 0 aromatic carbocycles. The Hall–Kier alpha value is -1.17. The first-order valence-electron chi connectivity index (χ1n) is 5.13. The summed E-state index contributed by atoms with van der Waals surface area (Å²) in [6.45, 7) is 1.01. The Morgan fingerprint density at radius 2 is 2.24 bits per heavy atom. The van der Waals surface area contributed by atoms with Crippen molar-refractivity contribution >= 4 is 18.5 Å². The van der Waals surface area contributed by atoms with Crippen LogP contribution in [-0.2, 0) is 17.3 Å². The maximum absolute atomic E-state index is 13.0. The zero-order valence-corrected chi connectivity index (χ0v) is 10.3. The van der Waals surface area contributed by atoms with Gasteiger partial charge in [0.05, 0.1) is 0 Å². The van der Waals surface area contributed by atoms with Gasteiger partial charge in [0, 0.05) is 37.8 Å². The molecule has 0 saturated carbocycles. The predicted octanol–water partition coefficient (Wildman–Crippen LogP) is 2.13. The van der Waals surface area contributed by atoms with Crippen molar-refractivity contribution in [3.63, 3.8) is 0 Å². The molecule has 1 N–H and O–H groups in total. The molecule has 1 aromatic heterocycles. The number of hydrogen-bond donors (Lipinski definition) is 2. The Morgan fingerprint density at radius 3 is 2.82 bits per heavy atom. The molecule has 0 aliphatic rings. The number of nitrogens with zero attached hydrogens (tertiary/aromatic N) is 1. The molecule has 0 unspecified atom stereocenters. The highest BCUT2D eigenvalue weighted by atomic mass is 32.1. The SMILES string of the molecule is CC(F)(F)c1cncc(CNC(=O)CCS)c1. The molecule has 1 amide bonds. The Balaban J connectivity index is 2.64. The van der Waals surface area contributed by atoms with Crippen molar-refractivity contribution in [1.29, 1.82) is 0 Å². The number of carbonyl (C=O) groups is 1. The number of thiol groups is 1. The molecular weight excluding hydrogens is 246 g/mol. The van der Waals surface area contributed by atoms with Gasteiger partial charge in [-0.05, 0) is 17.4 Å². The summed E-state index contributed by atoms with van der Waals surface area (Å²) in [6, 6.07) is 1.34. The largest absolute Gasteiger partial charge is 0.352 e. The second kappa shape index (κ2) is 5.95. The molecule has 1 rings (SSSR count). The summed E-state index contributed by atoms with van der Waals surface area (Å²) in [5.41, 5.74) is 0.398. The molecule has 94 valence electrons. The normalized spacial score (nSPS) is 11.3. The molecule has 0 aliphatic heterocycles. The van der Waals surface area contributed by atoms with Gasteiger partial charge >= 0.3 is 0 Å². The highest BCUT2D eigenvalue weighted by molar-refractivity contribution is 7.80. The number of pyridine rings is 1. The summed E-state index contributed by atoms with van der Waals surface area (Å²) in [4.78, 5) is 14.9. The van der Waals surface area contributed by atoms with E-state index in [-0.39, 0.29) is 18.0 Å². The molecule has 0 bridgehead atoms. The average molecular weight is 260 g/mol. The summed E-state index contributed by atoms with van der Waals surface area (Å²) in [6.07, 6.45) is 2.88. The molecule has 1 aromatic rings. The van der Waals surface area contributed by atoms with E-state index in [2.05, 4.69) is 22.9 Å². The van der Waals surface area contributed by atoms with Gasteiger partial charge in [-0.3, -0.25) is 9.78 Å². The first-order valence-corrected chi connectivity index (χ1v) is 5.76. The molecule has 17 heavy (non-hydrogen) atoms. The van der Waals surface area contributed by atoms with E-state index < -0.39 is 5.92 Å². The van der Waals surface area contributed by atoms with Crippen LogP contribution in [0.5, 0.6) is 0 Å². The van der Waals surface area contributed by atoms with Gasteiger partial charge in [0.1, 0.15) is 0 Å². The summed E-state index contributed by atoms with van der Waals surface area (Å²) in [7, 11) is 0. The topological polar surface area (TPSA) is 42.0 Å². The van der Waals surface area contributed by atoms with Crippen LogP contribution in [0.1, 0.15) is 24.5 Å². The van der Waals surface area contributed by atoms with Gasteiger partial charge in [0.2, 0.25) is 5.91 Å². The lowest BCUT2D eigenvalue weighted by molar-refractivity contribution is -0.120. The van der Waals surface area contributed by atoms with Crippen LogP contribution in [0, 0.1) is 0 Å². The molecule has 0 saturated heterocycles. The third-order valence-electron chi connectivity index (χ3n) is 2.13. The van der Waals surface area contributed by atoms with Gasteiger partial charge in [-0.25, -0.2) is 8.78 Å². The number of alkyl halides is 2. The fourth-order valence-electron chi connectivity index (χ4n) is 1.21. The van der Waals surface area contributed by atoms with Crippen molar-refractivity contribution in [3.8, 4) is 0 Å². The van der Waals surface area contributed by atoms with E-state index in [1.54, 1.807) is 0 Å². The lowest BCUT2D eigenvalue weighted by atomic mass is 10.1. The van der Waals surface area contributed by atoms with Crippen LogP contribution >= 0.6 is 12.6 Å². The molecule has 3 nitrogen and oxygen atoms in total. The van der Waals surface area contributed by atoms with Crippen LogP contribution in [0.25, 0.3) is 0 Å². The van der Waals surface area contributed by atoms with Crippen LogP contribution in [0.4, 0.5) is 8.78 Å². The van der Waals surface area contributed by atoms with Crippen molar-refractivity contribution in [2.45, 2.75) is 25.8 Å². The van der Waals surface area contributed by atoms with Crippen LogP contribution in [0.2, 0.25) is 0 Å². The van der Waals surface area contributed by atoms with Gasteiger partial charge in [-0.1, -0.05) is 0 Å². The molecule has 0 atom stereocenters. The highest BCUT2D eigenvalue weighted by Crippen LogP contribution is 2.26. The van der Waals surface area contributed by atoms with E-state index in [4.69, 9.17) is 0 Å². The predicted molar refractivity (Wildman–Crippen MR) is 64.1 cm³/mol. The number of halogens is 2. The maximum Gasteiger partial charge on any atom is 0.272 e. The molecule has 0 spiro atoms. The minimum Gasteiger partial charge on any atom is -0.352 e. The lowest BCUT2D eigenvalue weighted by Gasteiger charge is -2.11. The molecular formula is C11H14F2N2OS. The van der Waals surface area contributed by atoms with Crippen molar-refractivity contribution in [1.82, 2.24) is 10.3 Å². The van der Waals surface area contributed by atoms with E-state index in [1.807, 2.05) is 0 Å². The number of aromatic nitrogens is 1. The first kappa shape index (κ1) is 13.9. The van der Waals surface area contributed by atoms with Crippen molar-refractivity contribution in [3.05, 3.63) is 29.6 Å². The van der Waals surface area contributed by atoms with Crippen molar-refractivity contribution in [2.75, 3.05) is 5.75 Å². The fraction of sp³-hybridized carbons (Fsp3) is 0.455. The van der Waals surface area contributed by atoms with Gasteiger partial charge in [0.15, 0.2) is 0 Å². The minimum atomic E-state index is -2.92. The number of nitrogens with one attached hydrogen (secondary N) is 1. The zero-order valence-electron chi connectivity index (χ0n) is 9.41. The molecule has 0 radical (unpaired) electrons. The Labute approximate surface area is 104 Å². The smallest absolute Gasteiger partial charge is 0.272 e. The van der Waals surface area contributed by atoms with Crippen LogP contribution < -0.4 is 5.32 Å². The van der Waals surface area contributed by atoms with E-state index in [9.17, 15) is 13.6 Å². The monoisotopic (exact) mass is 260 g/mol. The zero-order chi connectivity index (χ0) is 12.9. The van der Waals surface area contributed by atoms with E-state index >= 15 is 0 Å². The summed E-state index contributed by atoms with van der Waals surface area (Å²) >= 11 is 3.92. The standard InChI is InChI=1S/C11H14F2N2OS/c1-11(12,13)9-4-8(5-14-7-9)6-15-10(16)2-3-17/h4-5,7,17H,2-3,6H2,1H3,(H,15,16). The minimum absolute atomic E-state index is 0.154. The number of amides is 1. The molecule has 6 heteroatoms. The van der Waals surface area contributed by atoms with Crippen molar-refractivity contribution < 1.29 is 13.6 Å². The number of rotatable bonds is 5. The van der Waals surface area contributed by atoms with E-state index in [0.29, 0.717) is 17.7 Å². The highest BCUT2D eigenvalue weighted by Gasteiger charge is 2.24. The van der Waals surface area contributed by atoms with Gasteiger partial charge in [-0.2, -0.15) is 12.6 Å². The lowest BCUT2D eigenvalue weighted by Crippen LogP contribution is -2.23. The second-order valence-corrected chi connectivity index (χ2v) is 4.17. The summed E-state index contributed by atoms with van der Waals surface area (Å²) < 4.78 is 26.0. The van der Waals surface area contributed by atoms with Crippen molar-refractivity contribution in [2.24, 2.45) is 0 Å². The van der Waals surface area contributed by atoms with E-state index in [1.165, 1.54) is 12.3 Å². The average Bonchev–Trinajstić information content (AvgIpc) is 2.26. The third kappa shape index (κ3) is 4.68. The Morgan fingerprint density at radius 1 is 1.53 bits per heavy atom. The Bertz CT molecular complexity index is 393. The molecule has 1 heterocycles. The molecule has 0 fully saturated rings. The van der Waals surface area contributed by atoms with Gasteiger partial charge in [-0.15, -0.1) is 0 Å². The second-order valence-electron chi connectivity index (χ2n) is 3.72. The van der Waals surface area contributed by atoms with Gasteiger partial charge in [0.25, 0.3) is 5.92 Å². The Kier molecular flexibility index (Phi) is 4.86.